The largest absolute Gasteiger partial charge is 0.504 e. The Morgan fingerprint density at radius 1 is 0.886 bits per heavy atom. The third-order valence-corrected chi connectivity index (χ3v) is 5.82. The van der Waals surface area contributed by atoms with Crippen LogP contribution in [0.2, 0.25) is 0 Å². The molecule has 1 fully saturated rings. The zero-order chi connectivity index (χ0) is 25.4. The minimum atomic E-state index is -1.54. The highest BCUT2D eigenvalue weighted by molar-refractivity contribution is 5.88. The molecule has 188 valence electrons. The maximum absolute atomic E-state index is 13.3. The first-order valence-electron chi connectivity index (χ1n) is 10.7. The van der Waals surface area contributed by atoms with Gasteiger partial charge in [-0.05, 0) is 25.1 Å². The molecular formula is C24H26O11. The first-order chi connectivity index (χ1) is 16.7. The first-order valence-corrected chi connectivity index (χ1v) is 10.7. The predicted octanol–water partition coefficient (Wildman–Crippen LogP) is 1.40. The molecule has 1 aromatic heterocycles. The third kappa shape index (κ3) is 4.34. The van der Waals surface area contributed by atoms with E-state index >= 15 is 0 Å². The number of methoxy groups -OCH3 is 3. The fourth-order valence-corrected chi connectivity index (χ4v) is 3.91. The second-order valence-electron chi connectivity index (χ2n) is 7.98. The number of ether oxygens (including phenoxy) is 5. The lowest BCUT2D eigenvalue weighted by atomic mass is 10.00. The maximum atomic E-state index is 13.3. The van der Waals surface area contributed by atoms with Gasteiger partial charge in [-0.1, -0.05) is 0 Å². The summed E-state index contributed by atoms with van der Waals surface area (Å²) in [6, 6.07) is 7.21. The molecule has 0 aliphatic carbocycles. The van der Waals surface area contributed by atoms with Crippen LogP contribution in [0.25, 0.3) is 22.3 Å². The lowest BCUT2D eigenvalue weighted by Crippen LogP contribution is -2.58. The number of benzene rings is 2. The van der Waals surface area contributed by atoms with Crippen LogP contribution >= 0.6 is 0 Å². The Balaban J connectivity index is 1.84. The van der Waals surface area contributed by atoms with Gasteiger partial charge in [0, 0.05) is 17.7 Å². The smallest absolute Gasteiger partial charge is 0.239 e. The molecule has 0 saturated carbocycles. The van der Waals surface area contributed by atoms with Gasteiger partial charge in [-0.2, -0.15) is 0 Å². The summed E-state index contributed by atoms with van der Waals surface area (Å²) in [5, 5.41) is 40.3. The van der Waals surface area contributed by atoms with Crippen LogP contribution < -0.4 is 24.4 Å². The standard InChI is InChI=1S/C24H26O11/c1-10-18(26)20(28)21(29)24(33-10)34-12-8-15(31-3)17-16(9-12)35-22(23(32-4)19(17)27)11-5-6-13(25)14(7-11)30-2/h5-10,18,20-21,24-26,28-29H,1-4H3/t10-,18-,20+,21+,24-/m0/s1. The van der Waals surface area contributed by atoms with Crippen LogP contribution in [0, 0.1) is 0 Å². The van der Waals surface area contributed by atoms with Gasteiger partial charge < -0.3 is 48.5 Å². The Kier molecular flexibility index (Phi) is 6.77. The molecule has 3 aromatic rings. The second kappa shape index (κ2) is 9.62. The van der Waals surface area contributed by atoms with E-state index in [0.29, 0.717) is 5.56 Å². The van der Waals surface area contributed by atoms with Gasteiger partial charge in [0.15, 0.2) is 17.3 Å². The van der Waals surface area contributed by atoms with E-state index in [2.05, 4.69) is 0 Å². The van der Waals surface area contributed by atoms with Gasteiger partial charge in [-0.25, -0.2) is 0 Å². The molecule has 0 amide bonds. The van der Waals surface area contributed by atoms with Crippen LogP contribution in [0.15, 0.2) is 39.5 Å². The van der Waals surface area contributed by atoms with E-state index in [1.165, 1.54) is 58.6 Å². The summed E-state index contributed by atoms with van der Waals surface area (Å²) in [6.07, 6.45) is -6.42. The number of phenolic OH excluding ortho intramolecular Hbond substituents is 1. The zero-order valence-electron chi connectivity index (χ0n) is 19.4. The number of hydrogen-bond donors (Lipinski definition) is 4. The summed E-state index contributed by atoms with van der Waals surface area (Å²) in [4.78, 5) is 13.3. The number of aliphatic hydroxyl groups is 3. The van der Waals surface area contributed by atoms with E-state index in [1.54, 1.807) is 0 Å². The molecule has 0 bridgehead atoms. The average Bonchev–Trinajstić information content (AvgIpc) is 2.85. The van der Waals surface area contributed by atoms with E-state index in [0.717, 1.165) is 0 Å². The van der Waals surface area contributed by atoms with Crippen molar-refractivity contribution in [2.24, 2.45) is 0 Å². The topological polar surface area (TPSA) is 157 Å². The minimum absolute atomic E-state index is 0.0728. The van der Waals surface area contributed by atoms with E-state index < -0.39 is 36.1 Å². The summed E-state index contributed by atoms with van der Waals surface area (Å²) in [7, 11) is 4.07. The highest BCUT2D eigenvalue weighted by Crippen LogP contribution is 2.39. The molecule has 4 rings (SSSR count). The molecule has 11 nitrogen and oxygen atoms in total. The van der Waals surface area contributed by atoms with Crippen LogP contribution in [0.4, 0.5) is 0 Å². The van der Waals surface area contributed by atoms with Gasteiger partial charge in [0.25, 0.3) is 0 Å². The Bertz CT molecular complexity index is 1280. The normalized spacial score (nSPS) is 24.3. The summed E-state index contributed by atoms with van der Waals surface area (Å²) in [5.41, 5.74) is -0.0378. The van der Waals surface area contributed by atoms with Crippen molar-refractivity contribution < 1.29 is 48.5 Å². The molecule has 1 aliphatic heterocycles. The molecule has 5 atom stereocenters. The van der Waals surface area contributed by atoms with Crippen molar-refractivity contribution >= 4 is 11.0 Å². The van der Waals surface area contributed by atoms with Crippen molar-refractivity contribution in [3.05, 3.63) is 40.6 Å². The van der Waals surface area contributed by atoms with Crippen LogP contribution in [0.5, 0.6) is 28.7 Å². The SMILES string of the molecule is COc1cc(-c2oc3cc(O[C@@H]4O[C@@H](C)[C@H](O)[C@@H](O)[C@H]4O)cc(OC)c3c(=O)c2OC)ccc1O. The molecule has 2 aromatic carbocycles. The molecule has 35 heavy (non-hydrogen) atoms. The van der Waals surface area contributed by atoms with Crippen LogP contribution in [-0.2, 0) is 4.74 Å². The van der Waals surface area contributed by atoms with E-state index in [9.17, 15) is 25.2 Å². The Morgan fingerprint density at radius 3 is 2.26 bits per heavy atom. The Hall–Kier alpha value is -3.51. The van der Waals surface area contributed by atoms with Crippen molar-refractivity contribution in [3.63, 3.8) is 0 Å². The molecule has 4 N–H and O–H groups in total. The van der Waals surface area contributed by atoms with Crippen molar-refractivity contribution in [1.82, 2.24) is 0 Å². The predicted molar refractivity (Wildman–Crippen MR) is 122 cm³/mol. The summed E-state index contributed by atoms with van der Waals surface area (Å²) in [6.45, 7) is 1.53. The number of hydrogen-bond acceptors (Lipinski definition) is 11. The van der Waals surface area contributed by atoms with E-state index in [4.69, 9.17) is 28.1 Å². The summed E-state index contributed by atoms with van der Waals surface area (Å²) < 4.78 is 33.1. The van der Waals surface area contributed by atoms with Crippen LogP contribution in [0.3, 0.4) is 0 Å². The van der Waals surface area contributed by atoms with Gasteiger partial charge in [-0.15, -0.1) is 0 Å². The fourth-order valence-electron chi connectivity index (χ4n) is 3.91. The van der Waals surface area contributed by atoms with Crippen molar-refractivity contribution in [3.8, 4) is 40.1 Å². The Morgan fingerprint density at radius 2 is 1.60 bits per heavy atom. The van der Waals surface area contributed by atoms with Gasteiger partial charge in [-0.3, -0.25) is 4.79 Å². The number of aliphatic hydroxyl groups excluding tert-OH is 3. The molecule has 11 heteroatoms. The minimum Gasteiger partial charge on any atom is -0.504 e. The molecule has 0 unspecified atom stereocenters. The van der Waals surface area contributed by atoms with Crippen molar-refractivity contribution in [2.75, 3.05) is 21.3 Å². The van der Waals surface area contributed by atoms with Gasteiger partial charge >= 0.3 is 0 Å². The molecule has 0 spiro atoms. The summed E-state index contributed by atoms with van der Waals surface area (Å²) in [5.74, 6) is 0.274. The number of aromatic hydroxyl groups is 1. The van der Waals surface area contributed by atoms with E-state index in [-0.39, 0.29) is 45.5 Å². The molecule has 2 heterocycles. The number of rotatable bonds is 6. The van der Waals surface area contributed by atoms with E-state index in [1.807, 2.05) is 0 Å². The molecule has 0 radical (unpaired) electrons. The molecule has 1 saturated heterocycles. The van der Waals surface area contributed by atoms with Gasteiger partial charge in [0.05, 0.1) is 27.4 Å². The molecular weight excluding hydrogens is 464 g/mol. The van der Waals surface area contributed by atoms with Crippen molar-refractivity contribution in [2.45, 2.75) is 37.6 Å². The number of fused-ring (bicyclic) bond motifs is 1. The zero-order valence-corrected chi connectivity index (χ0v) is 19.4. The van der Waals surface area contributed by atoms with Gasteiger partial charge in [0.2, 0.25) is 17.5 Å². The quantitative estimate of drug-likeness (QED) is 0.396. The fraction of sp³-hybridized carbons (Fsp3) is 0.375. The van der Waals surface area contributed by atoms with Crippen LogP contribution in [0.1, 0.15) is 6.92 Å². The number of phenols is 1. The lowest BCUT2D eigenvalue weighted by molar-refractivity contribution is -0.268. The van der Waals surface area contributed by atoms with Crippen molar-refractivity contribution in [1.29, 1.82) is 0 Å². The third-order valence-electron chi connectivity index (χ3n) is 5.82. The monoisotopic (exact) mass is 490 g/mol. The highest BCUT2D eigenvalue weighted by Gasteiger charge is 2.43. The lowest BCUT2D eigenvalue weighted by Gasteiger charge is -2.38. The second-order valence-corrected chi connectivity index (χ2v) is 7.98. The maximum Gasteiger partial charge on any atom is 0.239 e. The Labute approximate surface area is 199 Å². The average molecular weight is 490 g/mol. The summed E-state index contributed by atoms with van der Waals surface area (Å²) >= 11 is 0. The van der Waals surface area contributed by atoms with Gasteiger partial charge in [0.1, 0.15) is 40.8 Å². The highest BCUT2D eigenvalue weighted by atomic mass is 16.7. The van der Waals surface area contributed by atoms with Crippen LogP contribution in [-0.4, -0.2) is 72.5 Å². The first kappa shape index (κ1) is 24.6. The molecule has 1 aliphatic rings.